The number of nitrogens with zero attached hydrogens (tertiary/aromatic N) is 1. The van der Waals surface area contributed by atoms with E-state index in [9.17, 15) is 31.1 Å². The maximum Gasteiger partial charge on any atom is 0.416 e. The van der Waals surface area contributed by atoms with Gasteiger partial charge >= 0.3 is 6.18 Å². The first-order chi connectivity index (χ1) is 12.5. The van der Waals surface area contributed by atoms with Gasteiger partial charge in [-0.25, -0.2) is 13.2 Å². The lowest BCUT2D eigenvalue weighted by Crippen LogP contribution is -2.12. The topological polar surface area (TPSA) is 62.1 Å². The molecule has 0 saturated carbocycles. The van der Waals surface area contributed by atoms with Crippen LogP contribution in [-0.2, 0) is 11.0 Å². The van der Waals surface area contributed by atoms with Crippen molar-refractivity contribution >= 4 is 11.6 Å². The second-order valence-electron chi connectivity index (χ2n) is 5.35. The van der Waals surface area contributed by atoms with Gasteiger partial charge in [-0.1, -0.05) is 0 Å². The first kappa shape index (κ1) is 20.1. The maximum atomic E-state index is 14.0. The van der Waals surface area contributed by atoms with Crippen LogP contribution in [-0.4, -0.2) is 5.91 Å². The number of alkyl halides is 3. The number of benzene rings is 2. The number of carbonyl (C=O) groups is 1. The summed E-state index contributed by atoms with van der Waals surface area (Å²) in [7, 11) is 0. The summed E-state index contributed by atoms with van der Waals surface area (Å²) >= 11 is 0. The van der Waals surface area contributed by atoms with Crippen molar-refractivity contribution in [1.82, 2.24) is 0 Å². The minimum Gasteiger partial charge on any atom is -0.449 e. The lowest BCUT2D eigenvalue weighted by molar-refractivity contribution is -0.138. The van der Waals surface area contributed by atoms with Gasteiger partial charge in [-0.15, -0.1) is 0 Å². The minimum absolute atomic E-state index is 0.0176. The monoisotopic (exact) mass is 388 g/mol. The molecule has 1 amide bonds. The Morgan fingerprint density at radius 3 is 2.22 bits per heavy atom. The van der Waals surface area contributed by atoms with E-state index in [0.717, 1.165) is 12.1 Å². The standard InChI is InChI=1S/C17H10F6N2O2/c1-8-4-14(13(7-10(8)18)25-15(26)2-3-24)27-16-11(19)5-9(6-12(16)20)17(21,22)23/h4-7H,2H2,1H3,(H,25,26). The Kier molecular flexibility index (Phi) is 5.64. The number of rotatable bonds is 4. The summed E-state index contributed by atoms with van der Waals surface area (Å²) in [6, 6.07) is 3.42. The molecule has 10 heteroatoms. The van der Waals surface area contributed by atoms with Crippen molar-refractivity contribution in [2.24, 2.45) is 0 Å². The number of aryl methyl sites for hydroxylation is 1. The third kappa shape index (κ3) is 4.69. The van der Waals surface area contributed by atoms with E-state index >= 15 is 0 Å². The summed E-state index contributed by atoms with van der Waals surface area (Å²) < 4.78 is 84.4. The van der Waals surface area contributed by atoms with Crippen LogP contribution in [0.3, 0.4) is 0 Å². The van der Waals surface area contributed by atoms with Crippen molar-refractivity contribution in [2.75, 3.05) is 5.32 Å². The van der Waals surface area contributed by atoms with Gasteiger partial charge < -0.3 is 10.1 Å². The summed E-state index contributed by atoms with van der Waals surface area (Å²) in [6.45, 7) is 1.29. The molecule has 0 aliphatic carbocycles. The highest BCUT2D eigenvalue weighted by Gasteiger charge is 2.33. The van der Waals surface area contributed by atoms with E-state index in [-0.39, 0.29) is 23.4 Å². The number of hydrogen-bond acceptors (Lipinski definition) is 3. The van der Waals surface area contributed by atoms with Crippen LogP contribution in [0.5, 0.6) is 11.5 Å². The van der Waals surface area contributed by atoms with E-state index in [1.54, 1.807) is 6.07 Å². The van der Waals surface area contributed by atoms with E-state index in [1.807, 2.05) is 0 Å². The summed E-state index contributed by atoms with van der Waals surface area (Å²) in [5.41, 5.74) is -1.92. The molecular formula is C17H10F6N2O2. The van der Waals surface area contributed by atoms with Gasteiger partial charge in [-0.2, -0.15) is 18.4 Å². The predicted molar refractivity (Wildman–Crippen MR) is 81.4 cm³/mol. The van der Waals surface area contributed by atoms with Crippen LogP contribution in [0.25, 0.3) is 0 Å². The molecule has 0 aromatic heterocycles. The highest BCUT2D eigenvalue weighted by Crippen LogP contribution is 2.38. The zero-order chi connectivity index (χ0) is 20.4. The Hall–Kier alpha value is -3.22. The van der Waals surface area contributed by atoms with E-state index in [0.29, 0.717) is 0 Å². The third-order valence-corrected chi connectivity index (χ3v) is 3.31. The number of hydrogen-bond donors (Lipinski definition) is 1. The van der Waals surface area contributed by atoms with Crippen LogP contribution in [0, 0.1) is 35.7 Å². The van der Waals surface area contributed by atoms with E-state index in [2.05, 4.69) is 5.32 Å². The zero-order valence-corrected chi connectivity index (χ0v) is 13.5. The molecule has 2 rings (SSSR count). The Morgan fingerprint density at radius 1 is 1.11 bits per heavy atom. The highest BCUT2D eigenvalue weighted by atomic mass is 19.4. The number of nitrogens with one attached hydrogen (secondary N) is 1. The minimum atomic E-state index is -4.97. The highest BCUT2D eigenvalue weighted by molar-refractivity contribution is 5.93. The molecule has 0 spiro atoms. The van der Waals surface area contributed by atoms with E-state index in [4.69, 9.17) is 10.00 Å². The Labute approximate surface area is 149 Å². The van der Waals surface area contributed by atoms with Crippen LogP contribution in [0.15, 0.2) is 24.3 Å². The number of anilines is 1. The second kappa shape index (κ2) is 7.57. The number of amides is 1. The van der Waals surface area contributed by atoms with Crippen LogP contribution in [0.2, 0.25) is 0 Å². The molecule has 4 nitrogen and oxygen atoms in total. The van der Waals surface area contributed by atoms with Crippen LogP contribution < -0.4 is 10.1 Å². The van der Waals surface area contributed by atoms with Crippen molar-refractivity contribution in [1.29, 1.82) is 5.26 Å². The van der Waals surface area contributed by atoms with E-state index in [1.165, 1.54) is 6.92 Å². The number of ether oxygens (including phenoxy) is 1. The first-order valence-electron chi connectivity index (χ1n) is 7.24. The van der Waals surface area contributed by atoms with Gasteiger partial charge in [-0.3, -0.25) is 4.79 Å². The van der Waals surface area contributed by atoms with Gasteiger partial charge in [0.05, 0.1) is 17.3 Å². The van der Waals surface area contributed by atoms with E-state index < -0.39 is 53.0 Å². The van der Waals surface area contributed by atoms with Crippen LogP contribution >= 0.6 is 0 Å². The van der Waals surface area contributed by atoms with Gasteiger partial charge in [0.25, 0.3) is 0 Å². The molecule has 2 aromatic carbocycles. The molecule has 0 radical (unpaired) electrons. The molecule has 0 heterocycles. The molecule has 0 fully saturated rings. The fourth-order valence-electron chi connectivity index (χ4n) is 2.03. The third-order valence-electron chi connectivity index (χ3n) is 3.31. The summed E-state index contributed by atoms with van der Waals surface area (Å²) in [4.78, 5) is 11.5. The summed E-state index contributed by atoms with van der Waals surface area (Å²) in [5.74, 6) is -6.50. The average molecular weight is 388 g/mol. The van der Waals surface area contributed by atoms with Gasteiger partial charge in [0.15, 0.2) is 23.1 Å². The smallest absolute Gasteiger partial charge is 0.416 e. The molecule has 0 unspecified atom stereocenters. The number of nitriles is 1. The number of halogens is 6. The fraction of sp³-hybridized carbons (Fsp3) is 0.176. The van der Waals surface area contributed by atoms with Crippen molar-refractivity contribution in [3.8, 4) is 17.6 Å². The molecule has 2 aromatic rings. The molecule has 0 saturated heterocycles. The van der Waals surface area contributed by atoms with Crippen LogP contribution in [0.4, 0.5) is 32.0 Å². The van der Waals surface area contributed by atoms with Gasteiger partial charge in [0.1, 0.15) is 12.2 Å². The van der Waals surface area contributed by atoms with Crippen molar-refractivity contribution in [3.05, 3.63) is 52.8 Å². The molecule has 0 bridgehead atoms. The lowest BCUT2D eigenvalue weighted by Gasteiger charge is -2.15. The van der Waals surface area contributed by atoms with Gasteiger partial charge in [0, 0.05) is 6.07 Å². The number of carbonyl (C=O) groups excluding carboxylic acids is 1. The lowest BCUT2D eigenvalue weighted by atomic mass is 10.1. The summed E-state index contributed by atoms with van der Waals surface area (Å²) in [5, 5.41) is 10.6. The molecule has 0 atom stereocenters. The Bertz CT molecular complexity index is 911. The molecule has 27 heavy (non-hydrogen) atoms. The normalized spacial score (nSPS) is 11.0. The molecule has 142 valence electrons. The summed E-state index contributed by atoms with van der Waals surface area (Å²) in [6.07, 6.45) is -5.55. The van der Waals surface area contributed by atoms with Crippen molar-refractivity contribution < 1.29 is 35.9 Å². The van der Waals surface area contributed by atoms with Crippen LogP contribution in [0.1, 0.15) is 17.5 Å². The predicted octanol–water partition coefficient (Wildman–Crippen LogP) is 5.08. The first-order valence-corrected chi connectivity index (χ1v) is 7.24. The quantitative estimate of drug-likeness (QED) is 0.744. The molecule has 0 aliphatic rings. The van der Waals surface area contributed by atoms with Gasteiger partial charge in [-0.05, 0) is 30.7 Å². The van der Waals surface area contributed by atoms with Gasteiger partial charge in [0.2, 0.25) is 5.91 Å². The Balaban J connectivity index is 2.47. The Morgan fingerprint density at radius 2 is 1.70 bits per heavy atom. The largest absolute Gasteiger partial charge is 0.449 e. The fourth-order valence-corrected chi connectivity index (χ4v) is 2.03. The zero-order valence-electron chi connectivity index (χ0n) is 13.5. The molecule has 0 aliphatic heterocycles. The van der Waals surface area contributed by atoms with Crippen molar-refractivity contribution in [3.63, 3.8) is 0 Å². The molecule has 1 N–H and O–H groups in total. The second-order valence-corrected chi connectivity index (χ2v) is 5.35. The van der Waals surface area contributed by atoms with Crippen molar-refractivity contribution in [2.45, 2.75) is 19.5 Å². The molecular weight excluding hydrogens is 378 g/mol. The average Bonchev–Trinajstić information content (AvgIpc) is 2.54. The maximum absolute atomic E-state index is 14.0. The SMILES string of the molecule is Cc1cc(Oc2c(F)cc(C(F)(F)F)cc2F)c(NC(=O)CC#N)cc1F.